The van der Waals surface area contributed by atoms with Gasteiger partial charge in [-0.2, -0.15) is 0 Å². The Morgan fingerprint density at radius 2 is 2.27 bits per heavy atom. The SMILES string of the molecule is Cc1cc(C2(F)CC2)ccn1. The highest BCUT2D eigenvalue weighted by molar-refractivity contribution is 5.27. The first-order valence-electron chi connectivity index (χ1n) is 3.83. The van der Waals surface area contributed by atoms with Crippen LogP contribution < -0.4 is 0 Å². The number of nitrogens with zero attached hydrogens (tertiary/aromatic N) is 1. The number of hydrogen-bond acceptors (Lipinski definition) is 1. The molecule has 0 saturated heterocycles. The fourth-order valence-electron chi connectivity index (χ4n) is 1.22. The molecule has 0 bridgehead atoms. The van der Waals surface area contributed by atoms with Crippen molar-refractivity contribution in [1.82, 2.24) is 4.98 Å². The lowest BCUT2D eigenvalue weighted by atomic mass is 10.1. The Kier molecular flexibility index (Phi) is 1.25. The number of aromatic nitrogens is 1. The predicted molar refractivity (Wildman–Crippen MR) is 41.0 cm³/mol. The molecule has 0 radical (unpaired) electrons. The minimum absolute atomic E-state index is 0.677. The third-order valence-corrected chi connectivity index (χ3v) is 2.10. The molecule has 0 spiro atoms. The second-order valence-electron chi connectivity index (χ2n) is 3.15. The zero-order chi connectivity index (χ0) is 7.90. The fraction of sp³-hybridized carbons (Fsp3) is 0.444. The molecule has 1 aromatic heterocycles. The number of aryl methyl sites for hydroxylation is 1. The van der Waals surface area contributed by atoms with Gasteiger partial charge in [0.15, 0.2) is 0 Å². The van der Waals surface area contributed by atoms with Crippen LogP contribution in [-0.2, 0) is 5.67 Å². The maximum absolute atomic E-state index is 13.4. The maximum Gasteiger partial charge on any atom is 0.136 e. The van der Waals surface area contributed by atoms with E-state index in [0.29, 0.717) is 12.8 Å². The molecule has 2 heteroatoms. The van der Waals surface area contributed by atoms with Crippen LogP contribution in [0.1, 0.15) is 24.1 Å². The van der Waals surface area contributed by atoms with Crippen LogP contribution in [-0.4, -0.2) is 4.98 Å². The first-order chi connectivity index (χ1) is 5.21. The molecule has 0 unspecified atom stereocenters. The lowest BCUT2D eigenvalue weighted by Gasteiger charge is -2.04. The van der Waals surface area contributed by atoms with Crippen molar-refractivity contribution >= 4 is 0 Å². The smallest absolute Gasteiger partial charge is 0.136 e. The van der Waals surface area contributed by atoms with E-state index in [1.807, 2.05) is 13.0 Å². The summed E-state index contributed by atoms with van der Waals surface area (Å²) < 4.78 is 13.4. The minimum Gasteiger partial charge on any atom is -0.262 e. The molecule has 2 rings (SSSR count). The molecule has 1 aliphatic rings. The highest BCUT2D eigenvalue weighted by Crippen LogP contribution is 2.49. The van der Waals surface area contributed by atoms with Gasteiger partial charge in [-0.1, -0.05) is 0 Å². The Morgan fingerprint density at radius 1 is 1.55 bits per heavy atom. The molecule has 1 nitrogen and oxygen atoms in total. The van der Waals surface area contributed by atoms with Crippen molar-refractivity contribution in [2.45, 2.75) is 25.4 Å². The van der Waals surface area contributed by atoms with E-state index in [9.17, 15) is 4.39 Å². The molecule has 0 aromatic carbocycles. The topological polar surface area (TPSA) is 12.9 Å². The van der Waals surface area contributed by atoms with Gasteiger partial charge in [0.05, 0.1) is 0 Å². The Bertz CT molecular complexity index is 279. The fourth-order valence-corrected chi connectivity index (χ4v) is 1.22. The molecule has 58 valence electrons. The number of halogens is 1. The monoisotopic (exact) mass is 151 g/mol. The van der Waals surface area contributed by atoms with E-state index in [1.165, 1.54) is 0 Å². The summed E-state index contributed by atoms with van der Waals surface area (Å²) in [6.45, 7) is 1.88. The Hall–Kier alpha value is -0.920. The van der Waals surface area contributed by atoms with E-state index in [2.05, 4.69) is 4.98 Å². The highest BCUT2D eigenvalue weighted by Gasteiger charge is 2.44. The van der Waals surface area contributed by atoms with Crippen LogP contribution in [0.2, 0.25) is 0 Å². The third-order valence-electron chi connectivity index (χ3n) is 2.10. The van der Waals surface area contributed by atoms with Crippen LogP contribution in [0.4, 0.5) is 4.39 Å². The van der Waals surface area contributed by atoms with Crippen LogP contribution >= 0.6 is 0 Å². The van der Waals surface area contributed by atoms with Crippen molar-refractivity contribution in [2.75, 3.05) is 0 Å². The second-order valence-corrected chi connectivity index (χ2v) is 3.15. The van der Waals surface area contributed by atoms with Crippen molar-refractivity contribution in [2.24, 2.45) is 0 Å². The molecule has 0 amide bonds. The van der Waals surface area contributed by atoms with Gasteiger partial charge in [0.25, 0.3) is 0 Å². The second kappa shape index (κ2) is 2.03. The molecule has 1 aliphatic carbocycles. The zero-order valence-corrected chi connectivity index (χ0v) is 6.47. The van der Waals surface area contributed by atoms with Crippen molar-refractivity contribution in [3.05, 3.63) is 29.6 Å². The van der Waals surface area contributed by atoms with Crippen molar-refractivity contribution in [1.29, 1.82) is 0 Å². The molecule has 0 N–H and O–H groups in total. The van der Waals surface area contributed by atoms with Gasteiger partial charge in [-0.3, -0.25) is 4.98 Å². The highest BCUT2D eigenvalue weighted by atomic mass is 19.1. The van der Waals surface area contributed by atoms with E-state index in [0.717, 1.165) is 11.3 Å². The van der Waals surface area contributed by atoms with Crippen LogP contribution in [0.3, 0.4) is 0 Å². The van der Waals surface area contributed by atoms with Crippen LogP contribution in [0, 0.1) is 6.92 Å². The van der Waals surface area contributed by atoms with Crippen molar-refractivity contribution in [3.63, 3.8) is 0 Å². The molecular weight excluding hydrogens is 141 g/mol. The van der Waals surface area contributed by atoms with Crippen molar-refractivity contribution < 1.29 is 4.39 Å². The van der Waals surface area contributed by atoms with Crippen LogP contribution in [0.15, 0.2) is 18.3 Å². The number of rotatable bonds is 1. The minimum atomic E-state index is -1.01. The summed E-state index contributed by atoms with van der Waals surface area (Å²) in [5.41, 5.74) is 0.685. The molecule has 1 saturated carbocycles. The number of hydrogen-bond donors (Lipinski definition) is 0. The lowest BCUT2D eigenvalue weighted by Crippen LogP contribution is -1.98. The van der Waals surface area contributed by atoms with E-state index in [4.69, 9.17) is 0 Å². The normalized spacial score (nSPS) is 19.8. The van der Waals surface area contributed by atoms with Gasteiger partial charge in [0, 0.05) is 11.9 Å². The maximum atomic E-state index is 13.4. The third kappa shape index (κ3) is 1.13. The van der Waals surface area contributed by atoms with Crippen LogP contribution in [0.25, 0.3) is 0 Å². The number of alkyl halides is 1. The first-order valence-corrected chi connectivity index (χ1v) is 3.83. The Morgan fingerprint density at radius 3 is 2.82 bits per heavy atom. The summed E-state index contributed by atoms with van der Waals surface area (Å²) in [5, 5.41) is 0. The van der Waals surface area contributed by atoms with Gasteiger partial charge in [0.2, 0.25) is 0 Å². The molecule has 1 aromatic rings. The molecular formula is C9H10FN. The first kappa shape index (κ1) is 6.77. The molecule has 0 aliphatic heterocycles. The van der Waals surface area contributed by atoms with E-state index < -0.39 is 5.67 Å². The summed E-state index contributed by atoms with van der Waals surface area (Å²) in [7, 11) is 0. The van der Waals surface area contributed by atoms with Gasteiger partial charge in [-0.05, 0) is 37.5 Å². The van der Waals surface area contributed by atoms with Gasteiger partial charge in [0.1, 0.15) is 5.67 Å². The van der Waals surface area contributed by atoms with Gasteiger partial charge >= 0.3 is 0 Å². The Labute approximate surface area is 65.3 Å². The van der Waals surface area contributed by atoms with E-state index in [-0.39, 0.29) is 0 Å². The van der Waals surface area contributed by atoms with E-state index >= 15 is 0 Å². The summed E-state index contributed by atoms with van der Waals surface area (Å²) in [5.74, 6) is 0. The van der Waals surface area contributed by atoms with Gasteiger partial charge in [-0.15, -0.1) is 0 Å². The summed E-state index contributed by atoms with van der Waals surface area (Å²) in [6.07, 6.45) is 3.03. The number of pyridine rings is 1. The summed E-state index contributed by atoms with van der Waals surface area (Å²) in [6, 6.07) is 3.59. The predicted octanol–water partition coefficient (Wildman–Crippen LogP) is 2.35. The quantitative estimate of drug-likeness (QED) is 0.600. The Balaban J connectivity index is 2.38. The van der Waals surface area contributed by atoms with Gasteiger partial charge in [-0.25, -0.2) is 4.39 Å². The lowest BCUT2D eigenvalue weighted by molar-refractivity contribution is 0.317. The largest absolute Gasteiger partial charge is 0.262 e. The van der Waals surface area contributed by atoms with Crippen LogP contribution in [0.5, 0.6) is 0 Å². The summed E-state index contributed by atoms with van der Waals surface area (Å²) >= 11 is 0. The molecule has 1 heterocycles. The van der Waals surface area contributed by atoms with Gasteiger partial charge < -0.3 is 0 Å². The molecule has 11 heavy (non-hydrogen) atoms. The van der Waals surface area contributed by atoms with E-state index in [1.54, 1.807) is 12.3 Å². The average Bonchev–Trinajstić information content (AvgIpc) is 2.70. The molecule has 0 atom stereocenters. The standard InChI is InChI=1S/C9H10FN/c1-7-6-8(2-5-11-7)9(10)3-4-9/h2,5-6H,3-4H2,1H3. The molecule has 1 fully saturated rings. The summed E-state index contributed by atoms with van der Waals surface area (Å²) in [4.78, 5) is 4.01. The average molecular weight is 151 g/mol. The zero-order valence-electron chi connectivity index (χ0n) is 6.47. The van der Waals surface area contributed by atoms with Crippen molar-refractivity contribution in [3.8, 4) is 0 Å².